The van der Waals surface area contributed by atoms with E-state index in [1.54, 1.807) is 29.8 Å². The molecule has 86 valence electrons. The molecule has 1 rings (SSSR count). The second-order valence-electron chi connectivity index (χ2n) is 2.84. The maximum absolute atomic E-state index is 5.15. The van der Waals surface area contributed by atoms with Gasteiger partial charge in [0.15, 0.2) is 0 Å². The molecule has 0 aliphatic rings. The van der Waals surface area contributed by atoms with Gasteiger partial charge in [0, 0.05) is 6.26 Å². The normalized spacial score (nSPS) is 11.3. The molecule has 0 fully saturated rings. The summed E-state index contributed by atoms with van der Waals surface area (Å²) in [6, 6.07) is 10.2. The molecule has 0 aromatic heterocycles. The molecule has 0 spiro atoms. The zero-order valence-electron chi connectivity index (χ0n) is 10.5. The van der Waals surface area contributed by atoms with Crippen LogP contribution >= 0.6 is 23.5 Å². The number of rotatable bonds is 6. The second-order valence-corrected chi connectivity index (χ2v) is 4.57. The number of hydrogen-bond acceptors (Lipinski definition) is 3. The fourth-order valence-corrected chi connectivity index (χ4v) is 2.18. The van der Waals surface area contributed by atoms with E-state index in [1.807, 2.05) is 37.5 Å². The first-order valence-electron chi connectivity index (χ1n) is 5.03. The number of hydrogen-bond donors (Lipinski definition) is 0. The van der Waals surface area contributed by atoms with E-state index in [1.165, 1.54) is 4.90 Å². The molecule has 0 aliphatic carbocycles. The van der Waals surface area contributed by atoms with E-state index >= 15 is 0 Å². The summed E-state index contributed by atoms with van der Waals surface area (Å²) in [7, 11) is 0. The third-order valence-corrected chi connectivity index (χ3v) is 3.35. The van der Waals surface area contributed by atoms with Gasteiger partial charge in [0.2, 0.25) is 0 Å². The number of ether oxygens (including phenoxy) is 1. The Morgan fingerprint density at radius 3 is 2.65 bits per heavy atom. The zero-order chi connectivity index (χ0) is 11.6. The first-order chi connectivity index (χ1) is 7.86. The van der Waals surface area contributed by atoms with Gasteiger partial charge < -0.3 is 4.74 Å². The molecular weight excluding hydrogens is 243 g/mol. The number of thioether (sulfide) groups is 2. The van der Waals surface area contributed by atoms with Crippen LogP contribution in [0.1, 0.15) is 6.92 Å². The predicted molar refractivity (Wildman–Crippen MR) is 73.3 cm³/mol. The number of benzene rings is 1. The summed E-state index contributed by atoms with van der Waals surface area (Å²) >= 11 is 3.25. The second kappa shape index (κ2) is 10.9. The maximum Gasteiger partial charge on any atom is 1.00 e. The summed E-state index contributed by atoms with van der Waals surface area (Å²) in [6.45, 7) is 2.67. The molecule has 1 aromatic carbocycles. The van der Waals surface area contributed by atoms with E-state index in [4.69, 9.17) is 4.74 Å². The summed E-state index contributed by atoms with van der Waals surface area (Å²) in [6.07, 6.45) is 5.68. The fourth-order valence-electron chi connectivity index (χ4n) is 0.948. The van der Waals surface area contributed by atoms with Crippen molar-refractivity contribution < 1.29 is 23.6 Å². The van der Waals surface area contributed by atoms with Crippen LogP contribution in [0.2, 0.25) is 0 Å². The molecule has 0 saturated heterocycles. The minimum atomic E-state index is 0. The smallest absolute Gasteiger partial charge is 0.520 e. The van der Waals surface area contributed by atoms with Crippen molar-refractivity contribution in [2.24, 2.45) is 0 Å². The standard InChI is InChI=1S/C13H15OS2.Li/c1-3-14-10-9-13(15-2)11-16-12-7-5-4-6-8-12;/h4-10H,3H2,1-2H3;/q-1;+1/b10-9+;. The molecule has 1 nitrogen and oxygen atoms in total. The Morgan fingerprint density at radius 2 is 2.06 bits per heavy atom. The Balaban J connectivity index is 0.00000256. The Kier molecular flexibility index (Phi) is 10.8. The van der Waals surface area contributed by atoms with Crippen molar-refractivity contribution in [2.75, 3.05) is 12.9 Å². The summed E-state index contributed by atoms with van der Waals surface area (Å²) in [4.78, 5) is 2.26. The molecule has 0 bridgehead atoms. The van der Waals surface area contributed by atoms with Crippen LogP contribution in [0.25, 0.3) is 0 Å². The Labute approximate surface area is 124 Å². The van der Waals surface area contributed by atoms with E-state index in [0.29, 0.717) is 6.61 Å². The van der Waals surface area contributed by atoms with Crippen LogP contribution in [0.3, 0.4) is 0 Å². The first kappa shape index (κ1) is 16.8. The Morgan fingerprint density at radius 1 is 1.35 bits per heavy atom. The third-order valence-electron chi connectivity index (χ3n) is 1.71. The van der Waals surface area contributed by atoms with E-state index in [-0.39, 0.29) is 18.9 Å². The SMILES string of the molecule is CCO/C=C/C(=[C-]Sc1ccccc1)SC.[Li+]. The number of allylic oxidation sites excluding steroid dienone is 1. The summed E-state index contributed by atoms with van der Waals surface area (Å²) in [5.41, 5.74) is 0. The van der Waals surface area contributed by atoms with Gasteiger partial charge in [-0.2, -0.15) is 28.2 Å². The Bertz CT molecular complexity index is 350. The molecule has 0 saturated carbocycles. The summed E-state index contributed by atoms with van der Waals surface area (Å²) < 4.78 is 5.15. The van der Waals surface area contributed by atoms with E-state index < -0.39 is 0 Å². The predicted octanol–water partition coefficient (Wildman–Crippen LogP) is 1.34. The third kappa shape index (κ3) is 7.67. The zero-order valence-corrected chi connectivity index (χ0v) is 12.1. The average molecular weight is 258 g/mol. The molecule has 0 heterocycles. The average Bonchev–Trinajstić information content (AvgIpc) is 2.35. The fraction of sp³-hybridized carbons (Fsp3) is 0.231. The first-order valence-corrected chi connectivity index (χ1v) is 7.08. The summed E-state index contributed by atoms with van der Waals surface area (Å²) in [5, 5.41) is 3.27. The topological polar surface area (TPSA) is 9.23 Å². The molecule has 0 N–H and O–H groups in total. The quantitative estimate of drug-likeness (QED) is 0.250. The van der Waals surface area contributed by atoms with Gasteiger partial charge in [-0.25, -0.2) is 11.8 Å². The van der Waals surface area contributed by atoms with Crippen molar-refractivity contribution in [3.8, 4) is 0 Å². The van der Waals surface area contributed by atoms with Crippen LogP contribution in [-0.4, -0.2) is 12.9 Å². The van der Waals surface area contributed by atoms with Crippen molar-refractivity contribution >= 4 is 23.5 Å². The van der Waals surface area contributed by atoms with Crippen molar-refractivity contribution in [2.45, 2.75) is 11.8 Å². The van der Waals surface area contributed by atoms with Crippen LogP contribution in [0.15, 0.2) is 52.5 Å². The minimum absolute atomic E-state index is 0. The van der Waals surface area contributed by atoms with Crippen molar-refractivity contribution in [1.29, 1.82) is 0 Å². The van der Waals surface area contributed by atoms with Crippen LogP contribution in [-0.2, 0) is 4.74 Å². The van der Waals surface area contributed by atoms with Crippen molar-refractivity contribution in [3.05, 3.63) is 53.0 Å². The molecule has 4 heteroatoms. The molecule has 0 aliphatic heterocycles. The molecule has 0 atom stereocenters. The van der Waals surface area contributed by atoms with Crippen molar-refractivity contribution in [1.82, 2.24) is 0 Å². The van der Waals surface area contributed by atoms with Gasteiger partial charge in [-0.1, -0.05) is 18.2 Å². The van der Waals surface area contributed by atoms with Crippen LogP contribution in [0, 0.1) is 5.41 Å². The van der Waals surface area contributed by atoms with Gasteiger partial charge in [0.05, 0.1) is 6.61 Å². The van der Waals surface area contributed by atoms with Crippen LogP contribution in [0.4, 0.5) is 0 Å². The van der Waals surface area contributed by atoms with E-state index in [0.717, 1.165) is 4.91 Å². The van der Waals surface area contributed by atoms with Gasteiger partial charge >= 0.3 is 18.9 Å². The minimum Gasteiger partial charge on any atom is -0.520 e. The molecule has 0 unspecified atom stereocenters. The monoisotopic (exact) mass is 258 g/mol. The van der Waals surface area contributed by atoms with Crippen LogP contribution in [0.5, 0.6) is 0 Å². The molecule has 0 amide bonds. The largest absolute Gasteiger partial charge is 1.00 e. The Hall–Kier alpha value is -0.203. The molecular formula is C13H15LiOS2. The van der Waals surface area contributed by atoms with Gasteiger partial charge in [0.25, 0.3) is 0 Å². The molecule has 0 radical (unpaired) electrons. The van der Waals surface area contributed by atoms with Crippen LogP contribution < -0.4 is 18.9 Å². The van der Waals surface area contributed by atoms with Gasteiger partial charge in [-0.15, -0.1) is 0 Å². The molecule has 1 aromatic rings. The van der Waals surface area contributed by atoms with E-state index in [2.05, 4.69) is 17.5 Å². The van der Waals surface area contributed by atoms with Crippen molar-refractivity contribution in [3.63, 3.8) is 0 Å². The van der Waals surface area contributed by atoms with E-state index in [9.17, 15) is 0 Å². The van der Waals surface area contributed by atoms with Gasteiger partial charge in [-0.05, 0) is 30.2 Å². The van der Waals surface area contributed by atoms with Gasteiger partial charge in [-0.3, -0.25) is 0 Å². The maximum atomic E-state index is 5.15. The molecule has 17 heavy (non-hydrogen) atoms. The summed E-state index contributed by atoms with van der Waals surface area (Å²) in [5.74, 6) is 0. The van der Waals surface area contributed by atoms with Gasteiger partial charge in [0.1, 0.15) is 0 Å².